The van der Waals surface area contributed by atoms with Gasteiger partial charge in [-0.2, -0.15) is 5.10 Å². The van der Waals surface area contributed by atoms with Crippen LogP contribution in [0.2, 0.25) is 0 Å². The molecule has 0 radical (unpaired) electrons. The lowest BCUT2D eigenvalue weighted by atomic mass is 9.95. The molecule has 9 nitrogen and oxygen atoms in total. The van der Waals surface area contributed by atoms with E-state index in [9.17, 15) is 9.59 Å². The quantitative estimate of drug-likeness (QED) is 0.617. The summed E-state index contributed by atoms with van der Waals surface area (Å²) in [6.07, 6.45) is 7.26. The van der Waals surface area contributed by atoms with Crippen LogP contribution in [0.15, 0.2) is 39.9 Å². The number of rotatable bonds is 6. The van der Waals surface area contributed by atoms with Crippen LogP contribution in [0.25, 0.3) is 11.3 Å². The Hall–Kier alpha value is -3.49. The van der Waals surface area contributed by atoms with Crippen molar-refractivity contribution in [3.8, 4) is 11.3 Å². The zero-order valence-electron chi connectivity index (χ0n) is 19.0. The largest absolute Gasteiger partial charge is 0.370 e. The number of anilines is 1. The van der Waals surface area contributed by atoms with Crippen LogP contribution >= 0.6 is 0 Å². The minimum absolute atomic E-state index is 0.0569. The lowest BCUT2D eigenvalue weighted by molar-refractivity contribution is -0.125. The highest BCUT2D eigenvalue weighted by Crippen LogP contribution is 2.26. The van der Waals surface area contributed by atoms with Crippen molar-refractivity contribution in [2.45, 2.75) is 52.1 Å². The predicted octanol–water partition coefficient (Wildman–Crippen LogP) is 2.45. The van der Waals surface area contributed by atoms with Gasteiger partial charge in [0.25, 0.3) is 5.56 Å². The second-order valence-electron chi connectivity index (χ2n) is 9.01. The molecule has 0 atom stereocenters. The Bertz CT molecular complexity index is 1200. The van der Waals surface area contributed by atoms with Crippen LogP contribution in [-0.2, 0) is 11.3 Å². The minimum Gasteiger partial charge on any atom is -0.370 e. The van der Waals surface area contributed by atoms with E-state index in [1.54, 1.807) is 18.5 Å². The molecule has 4 heterocycles. The van der Waals surface area contributed by atoms with E-state index >= 15 is 0 Å². The van der Waals surface area contributed by atoms with Gasteiger partial charge in [0.1, 0.15) is 11.5 Å². The third-order valence-corrected chi connectivity index (χ3v) is 6.49. The van der Waals surface area contributed by atoms with Crippen LogP contribution in [0.3, 0.4) is 0 Å². The van der Waals surface area contributed by atoms with Crippen LogP contribution < -0.4 is 15.8 Å². The van der Waals surface area contributed by atoms with E-state index in [0.29, 0.717) is 17.5 Å². The lowest BCUT2D eigenvalue weighted by Gasteiger charge is -2.32. The summed E-state index contributed by atoms with van der Waals surface area (Å²) in [7, 11) is 0. The maximum Gasteiger partial charge on any atom is 0.269 e. The SMILES string of the molecule is Cc1ccc(-c2noc(C)c2Cn2ncc(N3CCC(C(=O)NC4CC4)CC3)cc2=O)cn1. The van der Waals surface area contributed by atoms with E-state index in [1.165, 1.54) is 4.68 Å². The van der Waals surface area contributed by atoms with E-state index < -0.39 is 0 Å². The van der Waals surface area contributed by atoms with Crippen molar-refractivity contribution in [3.05, 3.63) is 58.0 Å². The van der Waals surface area contributed by atoms with Gasteiger partial charge in [0.15, 0.2) is 0 Å². The number of piperidine rings is 1. The molecule has 3 aromatic heterocycles. The molecule has 5 rings (SSSR count). The van der Waals surface area contributed by atoms with Gasteiger partial charge in [-0.3, -0.25) is 14.6 Å². The maximum absolute atomic E-state index is 12.9. The van der Waals surface area contributed by atoms with Crippen molar-refractivity contribution < 1.29 is 9.32 Å². The molecule has 9 heteroatoms. The molecule has 1 amide bonds. The molecule has 172 valence electrons. The van der Waals surface area contributed by atoms with Gasteiger partial charge in [0.05, 0.1) is 18.4 Å². The first-order chi connectivity index (χ1) is 16.0. The van der Waals surface area contributed by atoms with Gasteiger partial charge in [0.2, 0.25) is 5.91 Å². The van der Waals surface area contributed by atoms with E-state index in [2.05, 4.69) is 25.5 Å². The van der Waals surface area contributed by atoms with Gasteiger partial charge in [-0.05, 0) is 51.7 Å². The van der Waals surface area contributed by atoms with Gasteiger partial charge >= 0.3 is 0 Å². The second kappa shape index (κ2) is 8.80. The highest BCUT2D eigenvalue weighted by Gasteiger charge is 2.30. The van der Waals surface area contributed by atoms with Crippen molar-refractivity contribution in [2.24, 2.45) is 5.92 Å². The number of amides is 1. The van der Waals surface area contributed by atoms with Crippen LogP contribution in [0.5, 0.6) is 0 Å². The number of carbonyl (C=O) groups is 1. The molecule has 1 aliphatic carbocycles. The van der Waals surface area contributed by atoms with Gasteiger partial charge < -0.3 is 14.7 Å². The summed E-state index contributed by atoms with van der Waals surface area (Å²) < 4.78 is 6.83. The Morgan fingerprint density at radius 2 is 1.94 bits per heavy atom. The van der Waals surface area contributed by atoms with Crippen LogP contribution in [0, 0.1) is 19.8 Å². The molecule has 1 saturated carbocycles. The first-order valence-electron chi connectivity index (χ1n) is 11.5. The molecule has 0 bridgehead atoms. The molecule has 2 fully saturated rings. The number of aryl methyl sites for hydroxylation is 2. The fraction of sp³-hybridized carbons (Fsp3) is 0.458. The van der Waals surface area contributed by atoms with E-state index in [1.807, 2.05) is 26.0 Å². The number of nitrogens with one attached hydrogen (secondary N) is 1. The molecular weight excluding hydrogens is 420 g/mol. The topological polar surface area (TPSA) is 106 Å². The molecule has 2 aliphatic rings. The number of pyridine rings is 1. The zero-order chi connectivity index (χ0) is 22.9. The molecule has 0 aromatic carbocycles. The fourth-order valence-electron chi connectivity index (χ4n) is 4.22. The van der Waals surface area contributed by atoms with E-state index in [0.717, 1.165) is 61.3 Å². The summed E-state index contributed by atoms with van der Waals surface area (Å²) >= 11 is 0. The zero-order valence-corrected chi connectivity index (χ0v) is 19.0. The molecule has 3 aromatic rings. The van der Waals surface area contributed by atoms with E-state index in [4.69, 9.17) is 4.52 Å². The van der Waals surface area contributed by atoms with Crippen molar-refractivity contribution >= 4 is 11.6 Å². The molecule has 1 saturated heterocycles. The summed E-state index contributed by atoms with van der Waals surface area (Å²) in [6, 6.07) is 5.87. The van der Waals surface area contributed by atoms with Crippen molar-refractivity contribution in [1.82, 2.24) is 25.2 Å². The highest BCUT2D eigenvalue weighted by molar-refractivity contribution is 5.79. The van der Waals surface area contributed by atoms with Gasteiger partial charge in [-0.1, -0.05) is 5.16 Å². The van der Waals surface area contributed by atoms with Crippen molar-refractivity contribution in [2.75, 3.05) is 18.0 Å². The predicted molar refractivity (Wildman–Crippen MR) is 123 cm³/mol. The summed E-state index contributed by atoms with van der Waals surface area (Å²) in [5.74, 6) is 0.880. The van der Waals surface area contributed by atoms with Crippen LogP contribution in [0.1, 0.15) is 42.7 Å². The third-order valence-electron chi connectivity index (χ3n) is 6.49. The lowest BCUT2D eigenvalue weighted by Crippen LogP contribution is -2.41. The molecule has 0 unspecified atom stereocenters. The summed E-state index contributed by atoms with van der Waals surface area (Å²) in [4.78, 5) is 31.6. The maximum atomic E-state index is 12.9. The first-order valence-corrected chi connectivity index (χ1v) is 11.5. The Balaban J connectivity index is 1.28. The minimum atomic E-state index is -0.185. The van der Waals surface area contributed by atoms with Gasteiger partial charge in [0, 0.05) is 54.1 Å². The number of nitrogens with zero attached hydrogens (tertiary/aromatic N) is 5. The number of carbonyl (C=O) groups excluding carboxylic acids is 1. The molecule has 1 N–H and O–H groups in total. The van der Waals surface area contributed by atoms with Crippen LogP contribution in [-0.4, -0.2) is 45.0 Å². The summed E-state index contributed by atoms with van der Waals surface area (Å²) in [5, 5.41) is 11.7. The Morgan fingerprint density at radius 1 is 1.15 bits per heavy atom. The monoisotopic (exact) mass is 448 g/mol. The van der Waals surface area contributed by atoms with Gasteiger partial charge in [-0.15, -0.1) is 0 Å². The number of hydrogen-bond donors (Lipinski definition) is 1. The smallest absolute Gasteiger partial charge is 0.269 e. The number of hydrogen-bond acceptors (Lipinski definition) is 7. The fourth-order valence-corrected chi connectivity index (χ4v) is 4.22. The average molecular weight is 449 g/mol. The van der Waals surface area contributed by atoms with Gasteiger partial charge in [-0.25, -0.2) is 4.68 Å². The normalized spacial score (nSPS) is 16.7. The average Bonchev–Trinajstić information content (AvgIpc) is 3.57. The molecule has 33 heavy (non-hydrogen) atoms. The molecule has 0 spiro atoms. The third kappa shape index (κ3) is 4.67. The van der Waals surface area contributed by atoms with Crippen molar-refractivity contribution in [1.29, 1.82) is 0 Å². The Labute approximate surface area is 191 Å². The van der Waals surface area contributed by atoms with E-state index in [-0.39, 0.29) is 23.9 Å². The molecule has 1 aliphatic heterocycles. The first kappa shape index (κ1) is 21.4. The molecular formula is C24H28N6O3. The summed E-state index contributed by atoms with van der Waals surface area (Å²) in [5.41, 5.74) is 3.85. The highest BCUT2D eigenvalue weighted by atomic mass is 16.5. The second-order valence-corrected chi connectivity index (χ2v) is 9.01. The van der Waals surface area contributed by atoms with Crippen LogP contribution in [0.4, 0.5) is 5.69 Å². The number of aromatic nitrogens is 4. The Morgan fingerprint density at radius 3 is 2.61 bits per heavy atom. The Kier molecular flexibility index (Phi) is 5.70. The summed E-state index contributed by atoms with van der Waals surface area (Å²) in [6.45, 7) is 5.50. The van der Waals surface area contributed by atoms with Crippen molar-refractivity contribution in [3.63, 3.8) is 0 Å². The standard InChI is InChI=1S/C24H28N6O3/c1-15-3-4-18(12-25-15)23-21(16(2)33-28-23)14-30-22(31)11-20(13-26-30)29-9-7-17(8-10-29)24(32)27-19-5-6-19/h3-4,11-13,17,19H,5-10,14H2,1-2H3,(H,27,32).